The lowest BCUT2D eigenvalue weighted by Gasteiger charge is -2.26. The van der Waals surface area contributed by atoms with Crippen molar-refractivity contribution in [1.29, 1.82) is 0 Å². The number of anilines is 2. The van der Waals surface area contributed by atoms with E-state index < -0.39 is 0 Å². The summed E-state index contributed by atoms with van der Waals surface area (Å²) in [5, 5.41) is 0. The van der Waals surface area contributed by atoms with E-state index in [4.69, 9.17) is 9.47 Å². The summed E-state index contributed by atoms with van der Waals surface area (Å²) in [7, 11) is 1.65. The van der Waals surface area contributed by atoms with E-state index in [2.05, 4.69) is 11.0 Å². The van der Waals surface area contributed by atoms with Gasteiger partial charge in [-0.2, -0.15) is 0 Å². The minimum Gasteiger partial charge on any atom is -0.497 e. The van der Waals surface area contributed by atoms with Gasteiger partial charge >= 0.3 is 0 Å². The molecule has 3 aromatic rings. The average molecular weight is 373 g/mol. The molecule has 4 heteroatoms. The molecule has 4 nitrogen and oxygen atoms in total. The van der Waals surface area contributed by atoms with E-state index >= 15 is 0 Å². The molecule has 0 spiro atoms. The first kappa shape index (κ1) is 18.1. The summed E-state index contributed by atoms with van der Waals surface area (Å²) in [6.07, 6.45) is 1.26. The van der Waals surface area contributed by atoms with Crippen LogP contribution in [0.4, 0.5) is 11.4 Å². The van der Waals surface area contributed by atoms with Crippen LogP contribution in [0.15, 0.2) is 72.8 Å². The first-order chi connectivity index (χ1) is 13.8. The van der Waals surface area contributed by atoms with Crippen LogP contribution >= 0.6 is 0 Å². The number of carbonyl (C=O) groups excluding carboxylic acids is 1. The molecule has 0 fully saturated rings. The highest BCUT2D eigenvalue weighted by molar-refractivity contribution is 6.05. The predicted octanol–water partition coefficient (Wildman–Crippen LogP) is 5.04. The topological polar surface area (TPSA) is 38.8 Å². The molecule has 0 atom stereocenters. The third-order valence-corrected chi connectivity index (χ3v) is 4.96. The molecule has 4 rings (SSSR count). The van der Waals surface area contributed by atoms with Crippen LogP contribution in [0.25, 0.3) is 0 Å². The number of benzene rings is 3. The molecule has 142 valence electrons. The zero-order chi connectivity index (χ0) is 19.3. The van der Waals surface area contributed by atoms with Gasteiger partial charge in [0, 0.05) is 30.3 Å². The van der Waals surface area contributed by atoms with Gasteiger partial charge in [0.1, 0.15) is 11.5 Å². The first-order valence-corrected chi connectivity index (χ1v) is 9.51. The van der Waals surface area contributed by atoms with E-state index in [9.17, 15) is 4.79 Å². The molecule has 0 radical (unpaired) electrons. The number of methoxy groups -OCH3 is 1. The molecular weight excluding hydrogens is 350 g/mol. The molecule has 0 amide bonds. The first-order valence-electron chi connectivity index (χ1n) is 9.51. The van der Waals surface area contributed by atoms with Crippen LogP contribution in [-0.2, 0) is 6.42 Å². The van der Waals surface area contributed by atoms with Crippen molar-refractivity contribution in [2.75, 3.05) is 25.2 Å². The zero-order valence-electron chi connectivity index (χ0n) is 15.9. The number of rotatable bonds is 6. The van der Waals surface area contributed by atoms with Crippen molar-refractivity contribution in [3.8, 4) is 11.5 Å². The summed E-state index contributed by atoms with van der Waals surface area (Å²) >= 11 is 0. The number of para-hydroxylation sites is 2. The summed E-state index contributed by atoms with van der Waals surface area (Å²) in [6, 6.07) is 23.6. The molecule has 28 heavy (non-hydrogen) atoms. The van der Waals surface area contributed by atoms with E-state index in [0.717, 1.165) is 47.0 Å². The summed E-state index contributed by atoms with van der Waals surface area (Å²) < 4.78 is 11.1. The Kier molecular flexibility index (Phi) is 5.29. The lowest BCUT2D eigenvalue weighted by atomic mass is 10.0. The van der Waals surface area contributed by atoms with Crippen LogP contribution in [-0.4, -0.2) is 26.0 Å². The van der Waals surface area contributed by atoms with Crippen LogP contribution in [0.2, 0.25) is 0 Å². The van der Waals surface area contributed by atoms with Gasteiger partial charge in [-0.25, -0.2) is 0 Å². The minimum absolute atomic E-state index is 0.165. The lowest BCUT2D eigenvalue weighted by molar-refractivity contribution is 0.0994. The van der Waals surface area contributed by atoms with Gasteiger partial charge in [0.05, 0.1) is 19.4 Å². The number of carbonyl (C=O) groups is 1. The number of hydrogen-bond acceptors (Lipinski definition) is 4. The maximum absolute atomic E-state index is 12.7. The highest BCUT2D eigenvalue weighted by Gasteiger charge is 2.24. The van der Waals surface area contributed by atoms with Crippen molar-refractivity contribution in [3.63, 3.8) is 0 Å². The van der Waals surface area contributed by atoms with E-state index in [1.54, 1.807) is 7.11 Å². The van der Waals surface area contributed by atoms with E-state index in [-0.39, 0.29) is 5.78 Å². The van der Waals surface area contributed by atoms with Gasteiger partial charge in [0.25, 0.3) is 0 Å². The van der Waals surface area contributed by atoms with Gasteiger partial charge in [-0.05, 0) is 42.3 Å². The Balaban J connectivity index is 1.52. The Labute approximate surface area is 165 Å². The monoisotopic (exact) mass is 373 g/mol. The van der Waals surface area contributed by atoms with Gasteiger partial charge in [0.15, 0.2) is 5.78 Å². The molecule has 0 unspecified atom stereocenters. The summed E-state index contributed by atoms with van der Waals surface area (Å²) in [4.78, 5) is 15.0. The summed E-state index contributed by atoms with van der Waals surface area (Å²) in [5.74, 6) is 1.75. The number of ether oxygens (including phenoxy) is 2. The third kappa shape index (κ3) is 3.72. The van der Waals surface area contributed by atoms with E-state index in [1.807, 2.05) is 66.7 Å². The maximum atomic E-state index is 12.7. The van der Waals surface area contributed by atoms with Crippen LogP contribution in [0, 0.1) is 0 Å². The normalized spacial score (nSPS) is 12.8. The van der Waals surface area contributed by atoms with Crippen molar-refractivity contribution >= 4 is 17.2 Å². The van der Waals surface area contributed by atoms with Crippen LogP contribution in [0.3, 0.4) is 0 Å². The molecule has 1 aliphatic heterocycles. The van der Waals surface area contributed by atoms with Crippen LogP contribution < -0.4 is 14.4 Å². The molecule has 1 aliphatic rings. The van der Waals surface area contributed by atoms with E-state index in [0.29, 0.717) is 13.0 Å². The van der Waals surface area contributed by atoms with Gasteiger partial charge in [0.2, 0.25) is 0 Å². The van der Waals surface area contributed by atoms with Gasteiger partial charge < -0.3 is 14.4 Å². The van der Waals surface area contributed by atoms with Crippen molar-refractivity contribution in [2.24, 2.45) is 0 Å². The van der Waals surface area contributed by atoms with Crippen molar-refractivity contribution < 1.29 is 14.3 Å². The molecule has 0 saturated carbocycles. The fourth-order valence-corrected chi connectivity index (χ4v) is 3.61. The van der Waals surface area contributed by atoms with Gasteiger partial charge in [-0.15, -0.1) is 0 Å². The molecule has 0 aliphatic carbocycles. The Bertz CT molecular complexity index is 983. The summed E-state index contributed by atoms with van der Waals surface area (Å²) in [5.41, 5.74) is 3.92. The van der Waals surface area contributed by atoms with Gasteiger partial charge in [-0.3, -0.25) is 4.79 Å². The van der Waals surface area contributed by atoms with Crippen molar-refractivity contribution in [2.45, 2.75) is 12.8 Å². The zero-order valence-corrected chi connectivity index (χ0v) is 15.9. The largest absolute Gasteiger partial charge is 0.497 e. The average Bonchev–Trinajstić information content (AvgIpc) is 2.86. The number of hydrogen-bond donors (Lipinski definition) is 0. The van der Waals surface area contributed by atoms with Crippen molar-refractivity contribution in [1.82, 2.24) is 0 Å². The Morgan fingerprint density at radius 1 is 0.893 bits per heavy atom. The summed E-state index contributed by atoms with van der Waals surface area (Å²) in [6.45, 7) is 1.35. The second kappa shape index (κ2) is 8.17. The van der Waals surface area contributed by atoms with Gasteiger partial charge in [-0.1, -0.05) is 36.4 Å². The molecule has 3 aromatic carbocycles. The molecule has 0 bridgehead atoms. The van der Waals surface area contributed by atoms with Crippen molar-refractivity contribution in [3.05, 3.63) is 83.9 Å². The van der Waals surface area contributed by atoms with Crippen LogP contribution in [0.5, 0.6) is 11.5 Å². The van der Waals surface area contributed by atoms with E-state index in [1.165, 1.54) is 0 Å². The third-order valence-electron chi connectivity index (χ3n) is 4.96. The second-order valence-electron chi connectivity index (χ2n) is 6.78. The smallest absolute Gasteiger partial charge is 0.169 e. The maximum Gasteiger partial charge on any atom is 0.169 e. The lowest BCUT2D eigenvalue weighted by Crippen LogP contribution is -2.21. The highest BCUT2D eigenvalue weighted by atomic mass is 16.5. The molecular formula is C24H23NO3. The second-order valence-corrected chi connectivity index (χ2v) is 6.78. The number of Topliss-reactive ketones (excluding diaryl/α,β-unsaturated/α-hetero) is 1. The quantitative estimate of drug-likeness (QED) is 0.567. The molecule has 0 saturated heterocycles. The predicted molar refractivity (Wildman–Crippen MR) is 111 cm³/mol. The fourth-order valence-electron chi connectivity index (χ4n) is 3.61. The SMILES string of the molecule is COc1cccc(OCCCN2c3ccccc3CC(=O)c3ccccc32)c1. The molecule has 0 aromatic heterocycles. The number of ketones is 1. The Morgan fingerprint density at radius 2 is 1.64 bits per heavy atom. The fraction of sp³-hybridized carbons (Fsp3) is 0.208. The number of nitrogens with zero attached hydrogens (tertiary/aromatic N) is 1. The minimum atomic E-state index is 0.165. The highest BCUT2D eigenvalue weighted by Crippen LogP contribution is 2.35. The molecule has 0 N–H and O–H groups in total. The standard InChI is InChI=1S/C24H23NO3/c1-27-19-9-6-10-20(17-19)28-15-7-14-25-22-12-4-2-8-18(22)16-24(26)21-11-3-5-13-23(21)25/h2-6,8-13,17H,7,14-16H2,1H3. The molecule has 1 heterocycles. The van der Waals surface area contributed by atoms with Crippen LogP contribution in [0.1, 0.15) is 22.3 Å². The number of fused-ring (bicyclic) bond motifs is 2. The Morgan fingerprint density at radius 3 is 2.50 bits per heavy atom. The Hall–Kier alpha value is -3.27.